The van der Waals surface area contributed by atoms with E-state index in [9.17, 15) is 5.11 Å². The number of rotatable bonds is 4. The molecule has 5 heteroatoms. The lowest BCUT2D eigenvalue weighted by atomic mass is 10.1. The van der Waals surface area contributed by atoms with Crippen molar-refractivity contribution >= 4 is 34.8 Å². The van der Waals surface area contributed by atoms with Crippen LogP contribution >= 0.6 is 34.8 Å². The Morgan fingerprint density at radius 1 is 1.00 bits per heavy atom. The van der Waals surface area contributed by atoms with E-state index in [1.165, 1.54) is 0 Å². The van der Waals surface area contributed by atoms with Crippen molar-refractivity contribution in [3.63, 3.8) is 0 Å². The third-order valence-corrected chi connectivity index (χ3v) is 3.51. The fourth-order valence-corrected chi connectivity index (χ4v) is 2.03. The van der Waals surface area contributed by atoms with Gasteiger partial charge in [-0.15, -0.1) is 0 Å². The Morgan fingerprint density at radius 3 is 2.47 bits per heavy atom. The van der Waals surface area contributed by atoms with Crippen molar-refractivity contribution in [3.8, 4) is 5.75 Å². The number of benzene rings is 2. The first-order valence-corrected chi connectivity index (χ1v) is 6.71. The van der Waals surface area contributed by atoms with E-state index in [-0.39, 0.29) is 6.61 Å². The van der Waals surface area contributed by atoms with E-state index < -0.39 is 6.10 Å². The van der Waals surface area contributed by atoms with Crippen LogP contribution in [0.5, 0.6) is 5.75 Å². The molecule has 0 saturated heterocycles. The minimum Gasteiger partial charge on any atom is -0.490 e. The van der Waals surface area contributed by atoms with Gasteiger partial charge in [0.1, 0.15) is 18.5 Å². The van der Waals surface area contributed by atoms with Crippen molar-refractivity contribution in [1.82, 2.24) is 0 Å². The molecule has 0 aliphatic rings. The van der Waals surface area contributed by atoms with Gasteiger partial charge < -0.3 is 9.84 Å². The number of hydrogen-bond donors (Lipinski definition) is 1. The second-order valence-corrected chi connectivity index (χ2v) is 5.21. The average molecular weight is 318 g/mol. The molecule has 0 bridgehead atoms. The average Bonchev–Trinajstić information content (AvgIpc) is 2.39. The molecular weight excluding hydrogens is 307 g/mol. The summed E-state index contributed by atoms with van der Waals surface area (Å²) in [6.07, 6.45) is -0.784. The molecule has 0 fully saturated rings. The smallest absolute Gasteiger partial charge is 0.120 e. The summed E-state index contributed by atoms with van der Waals surface area (Å²) in [5.41, 5.74) is 0.649. The van der Waals surface area contributed by atoms with Gasteiger partial charge in [-0.25, -0.2) is 0 Å². The Hall–Kier alpha value is -0.930. The predicted molar refractivity (Wildman–Crippen MR) is 78.4 cm³/mol. The molecule has 0 amide bonds. The topological polar surface area (TPSA) is 29.5 Å². The second kappa shape index (κ2) is 6.49. The van der Waals surface area contributed by atoms with Gasteiger partial charge in [0.25, 0.3) is 0 Å². The Bertz CT molecular complexity index is 572. The van der Waals surface area contributed by atoms with Gasteiger partial charge in [0, 0.05) is 5.02 Å². The zero-order valence-electron chi connectivity index (χ0n) is 9.82. The van der Waals surface area contributed by atoms with Gasteiger partial charge in [-0.3, -0.25) is 0 Å². The van der Waals surface area contributed by atoms with Crippen LogP contribution in [0.3, 0.4) is 0 Å². The molecule has 2 nitrogen and oxygen atoms in total. The molecule has 19 heavy (non-hydrogen) atoms. The van der Waals surface area contributed by atoms with Gasteiger partial charge in [-0.1, -0.05) is 46.9 Å². The van der Waals surface area contributed by atoms with Crippen LogP contribution in [0.4, 0.5) is 0 Å². The number of aliphatic hydroxyl groups is 1. The molecule has 1 N–H and O–H groups in total. The van der Waals surface area contributed by atoms with E-state index in [1.807, 2.05) is 0 Å². The maximum Gasteiger partial charge on any atom is 0.120 e. The summed E-state index contributed by atoms with van der Waals surface area (Å²) >= 11 is 17.6. The van der Waals surface area contributed by atoms with Crippen molar-refractivity contribution in [3.05, 3.63) is 63.1 Å². The quantitative estimate of drug-likeness (QED) is 0.881. The number of hydrogen-bond acceptors (Lipinski definition) is 2. The van der Waals surface area contributed by atoms with Gasteiger partial charge in [0.2, 0.25) is 0 Å². The molecule has 0 heterocycles. The first-order valence-electron chi connectivity index (χ1n) is 5.57. The molecule has 0 spiro atoms. The minimum atomic E-state index is -0.784. The summed E-state index contributed by atoms with van der Waals surface area (Å²) in [6.45, 7) is 0.109. The summed E-state index contributed by atoms with van der Waals surface area (Å²) in [7, 11) is 0. The van der Waals surface area contributed by atoms with Gasteiger partial charge in [-0.05, 0) is 35.9 Å². The zero-order valence-corrected chi connectivity index (χ0v) is 12.1. The van der Waals surface area contributed by atoms with Crippen molar-refractivity contribution in [2.24, 2.45) is 0 Å². The maximum absolute atomic E-state index is 10.0. The zero-order chi connectivity index (χ0) is 13.8. The molecule has 0 aliphatic heterocycles. The van der Waals surface area contributed by atoms with Crippen molar-refractivity contribution in [2.45, 2.75) is 6.10 Å². The Labute approximate surface area is 126 Å². The maximum atomic E-state index is 10.0. The van der Waals surface area contributed by atoms with E-state index in [0.717, 1.165) is 0 Å². The SMILES string of the molecule is OC(COc1cccc(Cl)c1)c1ccc(Cl)c(Cl)c1. The van der Waals surface area contributed by atoms with Crippen LogP contribution in [0.1, 0.15) is 11.7 Å². The molecule has 0 aliphatic carbocycles. The number of aliphatic hydroxyl groups excluding tert-OH is 1. The normalized spacial score (nSPS) is 12.2. The standard InChI is InChI=1S/C14H11Cl3O2/c15-10-2-1-3-11(7-10)19-8-14(18)9-4-5-12(16)13(17)6-9/h1-7,14,18H,8H2. The fraction of sp³-hybridized carbons (Fsp3) is 0.143. The molecule has 2 aromatic carbocycles. The molecule has 1 atom stereocenters. The Balaban J connectivity index is 2.01. The van der Waals surface area contributed by atoms with Crippen LogP contribution in [0.2, 0.25) is 15.1 Å². The molecule has 1 unspecified atom stereocenters. The van der Waals surface area contributed by atoms with Crippen LogP contribution < -0.4 is 4.74 Å². The highest BCUT2D eigenvalue weighted by Gasteiger charge is 2.10. The van der Waals surface area contributed by atoms with Crippen molar-refractivity contribution < 1.29 is 9.84 Å². The molecule has 0 radical (unpaired) electrons. The van der Waals surface area contributed by atoms with Gasteiger partial charge in [0.05, 0.1) is 10.0 Å². The summed E-state index contributed by atoms with van der Waals surface area (Å²) in [6, 6.07) is 12.0. The van der Waals surface area contributed by atoms with Crippen LogP contribution in [0.15, 0.2) is 42.5 Å². The van der Waals surface area contributed by atoms with Gasteiger partial charge in [0.15, 0.2) is 0 Å². The third kappa shape index (κ3) is 4.02. The number of ether oxygens (including phenoxy) is 1. The van der Waals surface area contributed by atoms with Crippen LogP contribution in [0, 0.1) is 0 Å². The lowest BCUT2D eigenvalue weighted by Crippen LogP contribution is -2.09. The van der Waals surface area contributed by atoms with E-state index >= 15 is 0 Å². The molecule has 2 rings (SSSR count). The molecule has 100 valence electrons. The largest absolute Gasteiger partial charge is 0.490 e. The predicted octanol–water partition coefficient (Wildman–Crippen LogP) is 4.76. The molecule has 0 aromatic heterocycles. The molecular formula is C14H11Cl3O2. The first-order chi connectivity index (χ1) is 9.06. The molecule has 0 saturated carbocycles. The fourth-order valence-electron chi connectivity index (χ4n) is 1.55. The van der Waals surface area contributed by atoms with E-state index in [0.29, 0.717) is 26.4 Å². The highest BCUT2D eigenvalue weighted by atomic mass is 35.5. The summed E-state index contributed by atoms with van der Waals surface area (Å²) in [5.74, 6) is 0.603. The Morgan fingerprint density at radius 2 is 1.79 bits per heavy atom. The van der Waals surface area contributed by atoms with Crippen LogP contribution in [0.25, 0.3) is 0 Å². The Kier molecular flexibility index (Phi) is 4.94. The summed E-state index contributed by atoms with van der Waals surface area (Å²) in [4.78, 5) is 0. The van der Waals surface area contributed by atoms with E-state index in [4.69, 9.17) is 39.5 Å². The third-order valence-electron chi connectivity index (χ3n) is 2.53. The highest BCUT2D eigenvalue weighted by Crippen LogP contribution is 2.26. The monoisotopic (exact) mass is 316 g/mol. The molecule has 2 aromatic rings. The first kappa shape index (κ1) is 14.5. The lowest BCUT2D eigenvalue weighted by Gasteiger charge is -2.13. The van der Waals surface area contributed by atoms with Crippen LogP contribution in [-0.4, -0.2) is 11.7 Å². The van der Waals surface area contributed by atoms with Gasteiger partial charge in [-0.2, -0.15) is 0 Å². The summed E-state index contributed by atoms with van der Waals surface area (Å²) < 4.78 is 5.46. The van der Waals surface area contributed by atoms with E-state index in [2.05, 4.69) is 0 Å². The van der Waals surface area contributed by atoms with Crippen molar-refractivity contribution in [1.29, 1.82) is 0 Å². The number of halogens is 3. The van der Waals surface area contributed by atoms with E-state index in [1.54, 1.807) is 42.5 Å². The lowest BCUT2D eigenvalue weighted by molar-refractivity contribution is 0.108. The minimum absolute atomic E-state index is 0.109. The van der Waals surface area contributed by atoms with Crippen LogP contribution in [-0.2, 0) is 0 Å². The summed E-state index contributed by atoms with van der Waals surface area (Å²) in [5, 5.41) is 11.4. The highest BCUT2D eigenvalue weighted by molar-refractivity contribution is 6.42. The van der Waals surface area contributed by atoms with Crippen molar-refractivity contribution in [2.75, 3.05) is 6.61 Å². The van der Waals surface area contributed by atoms with Gasteiger partial charge >= 0.3 is 0 Å². The second-order valence-electron chi connectivity index (χ2n) is 3.96.